The van der Waals surface area contributed by atoms with Gasteiger partial charge in [-0.1, -0.05) is 78.9 Å². The third kappa shape index (κ3) is 32.8. The van der Waals surface area contributed by atoms with E-state index in [4.69, 9.17) is 5.73 Å². The summed E-state index contributed by atoms with van der Waals surface area (Å²) >= 11 is 8.51. The Morgan fingerprint density at radius 3 is 1.29 bits per heavy atom. The van der Waals surface area contributed by atoms with Crippen LogP contribution >= 0.6 is 25.3 Å². The summed E-state index contributed by atoms with van der Waals surface area (Å²) in [7, 11) is 0. The van der Waals surface area contributed by atoms with E-state index in [9.17, 15) is 103 Å². The number of carbonyl (C=O) groups excluding carboxylic acids is 9. The van der Waals surface area contributed by atoms with Crippen LogP contribution in [-0.2, 0) is 86.4 Å². The van der Waals surface area contributed by atoms with Crippen LogP contribution in [0.25, 0.3) is 10.9 Å². The maximum atomic E-state index is 15.0. The van der Waals surface area contributed by atoms with Gasteiger partial charge in [-0.25, -0.2) is 0 Å². The Bertz CT molecular complexity index is 3570. The number of unbranched alkanes of at least 4 members (excludes halogenated alkanes) is 1. The monoisotopic (exact) mass is 1620 g/mol. The molecule has 36 nitrogen and oxygen atoms in total. The van der Waals surface area contributed by atoms with Crippen LogP contribution in [0.3, 0.4) is 0 Å². The summed E-state index contributed by atoms with van der Waals surface area (Å²) in [6.07, 6.45) is -2.63. The van der Waals surface area contributed by atoms with E-state index in [1.165, 1.54) is 18.7 Å². The second-order valence-electron chi connectivity index (χ2n) is 24.7. The van der Waals surface area contributed by atoms with Crippen LogP contribution in [0.2, 0.25) is 0 Å². The largest absolute Gasteiger partial charge is 3.00 e. The number of rotatable bonds is 50. The molecule has 4 rings (SSSR count). The normalized spacial score (nSPS) is 14.3. The number of nitrogens with two attached hydrogens (primary N) is 1. The zero-order valence-electron chi connectivity index (χ0n) is 58.3. The van der Waals surface area contributed by atoms with Gasteiger partial charge in [0.1, 0.15) is 48.3 Å². The number of fused-ring (bicyclic) bond motifs is 1. The molecule has 0 fully saturated rings. The first-order chi connectivity index (χ1) is 49.8. The number of carboxylic acids is 5. The third-order valence-electron chi connectivity index (χ3n) is 16.2. The van der Waals surface area contributed by atoms with Gasteiger partial charge >= 0.3 is 55.7 Å². The zero-order valence-corrected chi connectivity index (χ0v) is 63.4. The minimum absolute atomic E-state index is 0. The van der Waals surface area contributed by atoms with Gasteiger partial charge < -0.3 is 99.4 Å². The summed E-state index contributed by atoms with van der Waals surface area (Å²) in [6, 6.07) is 9.18. The van der Waals surface area contributed by atoms with Crippen LogP contribution in [0.1, 0.15) is 56.2 Å². The van der Waals surface area contributed by atoms with E-state index < -0.39 is 201 Å². The number of benzene rings is 3. The summed E-state index contributed by atoms with van der Waals surface area (Å²) in [4.78, 5) is 193. The van der Waals surface area contributed by atoms with Crippen molar-refractivity contribution < 1.29 is 108 Å². The molecule has 39 heteroatoms. The predicted molar refractivity (Wildman–Crippen MR) is 389 cm³/mol. The number of para-hydroxylation sites is 1. The predicted octanol–water partition coefficient (Wildman–Crippen LogP) is -5.36. The number of nitrogens with zero attached hydrogens (tertiary/aromatic N) is 3. The molecule has 0 aliphatic heterocycles. The molecule has 4 aromatic rings. The average molecular weight is 1620 g/mol. The topological polar surface area (TPSA) is 561 Å². The van der Waals surface area contributed by atoms with Gasteiger partial charge in [0.15, 0.2) is 0 Å². The molecule has 576 valence electrons. The molecular weight excluding hydrogens is 1530 g/mol. The number of aliphatic carboxylic acids is 5. The Balaban J connectivity index is 0.0000292. The smallest absolute Gasteiger partial charge is 0.481 e. The van der Waals surface area contributed by atoms with Gasteiger partial charge in [0.25, 0.3) is 0 Å². The molecular formula is C67H94InN14O22S2+3. The number of aliphatic hydroxyl groups excluding tert-OH is 3. The Kier molecular flexibility index (Phi) is 41.0. The van der Waals surface area contributed by atoms with Crippen molar-refractivity contribution in [2.45, 2.75) is 125 Å². The van der Waals surface area contributed by atoms with Crippen LogP contribution in [-0.4, -0.2) is 320 Å². The molecule has 0 saturated carbocycles. The molecule has 0 unspecified atom stereocenters. The molecule has 20 N–H and O–H groups in total. The maximum absolute atomic E-state index is 15.0. The first-order valence-electron chi connectivity index (χ1n) is 33.3. The summed E-state index contributed by atoms with van der Waals surface area (Å²) in [5.74, 6) is -17.2. The molecule has 0 bridgehead atoms. The number of aliphatic hydroxyl groups is 3. The van der Waals surface area contributed by atoms with Gasteiger partial charge in [-0.15, -0.1) is 0 Å². The Morgan fingerprint density at radius 2 is 0.840 bits per heavy atom. The Labute approximate surface area is 639 Å². The fourth-order valence-electron chi connectivity index (χ4n) is 10.7. The van der Waals surface area contributed by atoms with E-state index in [2.05, 4.69) is 78.1 Å². The van der Waals surface area contributed by atoms with Crippen LogP contribution < -0.4 is 53.6 Å². The maximum Gasteiger partial charge on any atom is 3.00 e. The van der Waals surface area contributed by atoms with Gasteiger partial charge in [-0.2, -0.15) is 25.3 Å². The minimum atomic E-state index is -1.96. The molecule has 0 aliphatic carbocycles. The van der Waals surface area contributed by atoms with Crippen molar-refractivity contribution in [1.29, 1.82) is 0 Å². The molecule has 0 saturated heterocycles. The van der Waals surface area contributed by atoms with Gasteiger partial charge in [0.2, 0.25) is 53.2 Å². The SMILES string of the molecule is C[C@@H](O)[C@H](NC(=O)[C@H](CCCCN)NC(=O)[C@@H](Cc1c[nH]c2ccccc12)NC(=O)[C@H](Cc1ccccc1)NC(=O)[C@H](CS)NC(=O)[C@@H](Cc1ccccc1)NC(=O)[C@H](CC(=O)O)NC(=O)CN(CCN(CCN(CC(=O)O)CC(=O)O)CC(=O)O)CC(=O)O)C(=O)N[C@@H](CS)C(=O)N[C@H](CO)[C@@H](C)O.[111In+3]. The van der Waals surface area contributed by atoms with E-state index in [-0.39, 0.29) is 96.4 Å². The van der Waals surface area contributed by atoms with Crippen molar-refractivity contribution in [3.05, 3.63) is 108 Å². The summed E-state index contributed by atoms with van der Waals surface area (Å²) < 4.78 is 0. The number of aromatic amines is 1. The van der Waals surface area contributed by atoms with Crippen LogP contribution in [0.5, 0.6) is 0 Å². The van der Waals surface area contributed by atoms with Crippen LogP contribution in [0, 0.1) is 0 Å². The number of carboxylic acid groups (broad SMARTS) is 5. The standard InChI is InChI=1S/C67H94N14O22S2.In/c1-38(83)50(35-82)75-66(102)52(37-105)77-67(103)59(39(2)84)78-60(96)45(19-11-12-20-68)71-63(99)48(27-42-29-69-44-18-10-9-17-43(42)44)74-61(97)46(25-40-13-5-3-6-14-40)73-65(101)51(36-104)76-62(98)47(26-41-15-7-4-8-16-41)72-64(100)49(28-54(86)87)70-53(85)30-80(32-56(90)91)23-21-79(31-55(88)89)22-24-81(33-57(92)93)34-58(94)95;/h3-10,13-18,29,38-39,45-52,59,69,82-84,104-105H,11-12,19-28,30-37,68H2,1-2H3,(H,70,85)(H,71,99)(H,72,100)(H,73,101)(H,74,97)(H,75,102)(H,76,98)(H,77,103)(H,78,96)(H,86,87)(H,88,89)(H,90,91)(H,92,93)(H,94,95);/q;+3/t38-,39-,45+,46+,47-,48-,49+,50-,51+,52+,59+;/m1./s1/i;1-4. The quantitative estimate of drug-likeness (QED) is 0.0145. The molecule has 0 spiro atoms. The Morgan fingerprint density at radius 1 is 0.443 bits per heavy atom. The van der Waals surface area contributed by atoms with Crippen molar-refractivity contribution in [3.8, 4) is 0 Å². The van der Waals surface area contributed by atoms with Gasteiger partial charge in [-0.3, -0.25) is 81.8 Å². The van der Waals surface area contributed by atoms with Crippen molar-refractivity contribution >= 4 is 145 Å². The molecule has 3 aromatic carbocycles. The van der Waals surface area contributed by atoms with Crippen molar-refractivity contribution in [2.24, 2.45) is 5.73 Å². The van der Waals surface area contributed by atoms with Crippen molar-refractivity contribution in [2.75, 3.05) is 83.6 Å². The number of thiol groups is 2. The molecule has 0 radical (unpaired) electrons. The number of carbonyl (C=O) groups is 14. The number of hydrogen-bond donors (Lipinski definition) is 21. The van der Waals surface area contributed by atoms with E-state index >= 15 is 4.79 Å². The molecule has 9 amide bonds. The summed E-state index contributed by atoms with van der Waals surface area (Å²) in [5.41, 5.74) is 7.89. The number of H-pyrrole nitrogens is 1. The van der Waals surface area contributed by atoms with E-state index in [1.807, 2.05) is 0 Å². The third-order valence-corrected chi connectivity index (χ3v) is 17.0. The Hall–Kier alpha value is -8.93. The summed E-state index contributed by atoms with van der Waals surface area (Å²) in [5, 5.41) is 101. The van der Waals surface area contributed by atoms with Crippen molar-refractivity contribution in [1.82, 2.24) is 67.5 Å². The fraction of sp³-hybridized carbons (Fsp3) is 0.493. The second-order valence-corrected chi connectivity index (χ2v) is 25.4. The molecule has 0 aliphatic rings. The molecule has 11 atom stereocenters. The fourth-order valence-corrected chi connectivity index (χ4v) is 11.3. The molecule has 1 heterocycles. The van der Waals surface area contributed by atoms with Crippen LogP contribution in [0.4, 0.5) is 0 Å². The first-order valence-corrected chi connectivity index (χ1v) is 34.6. The number of aromatic nitrogens is 1. The summed E-state index contributed by atoms with van der Waals surface area (Å²) in [6.45, 7) is -2.87. The average Bonchev–Trinajstić information content (AvgIpc) is 1.24. The van der Waals surface area contributed by atoms with Crippen LogP contribution in [0.15, 0.2) is 91.1 Å². The van der Waals surface area contributed by atoms with Crippen molar-refractivity contribution in [3.63, 3.8) is 0 Å². The molecule has 1 aromatic heterocycles. The van der Waals surface area contributed by atoms with E-state index in [0.717, 1.165) is 9.80 Å². The van der Waals surface area contributed by atoms with E-state index in [0.29, 0.717) is 34.0 Å². The van der Waals surface area contributed by atoms with Gasteiger partial charge in [0.05, 0.1) is 64.0 Å². The minimum Gasteiger partial charge on any atom is -0.481 e. The number of nitrogens with one attached hydrogen (secondary N) is 10. The molecule has 106 heavy (non-hydrogen) atoms. The number of hydrogen-bond acceptors (Lipinski definition) is 23. The first kappa shape index (κ1) is 91.3. The van der Waals surface area contributed by atoms with E-state index in [1.54, 1.807) is 91.1 Å². The second kappa shape index (κ2) is 47.6. The number of amides is 9. The van der Waals surface area contributed by atoms with Gasteiger partial charge in [0, 0.05) is 74.0 Å². The zero-order chi connectivity index (χ0) is 77.9. The van der Waals surface area contributed by atoms with Gasteiger partial charge in [-0.05, 0) is 62.4 Å².